The van der Waals surface area contributed by atoms with E-state index in [9.17, 15) is 19.6 Å². The van der Waals surface area contributed by atoms with Gasteiger partial charge >= 0.3 is 0 Å². The summed E-state index contributed by atoms with van der Waals surface area (Å²) in [7, 11) is 0. The summed E-state index contributed by atoms with van der Waals surface area (Å²) in [5.74, 6) is -0.859. The molecule has 180 valence electrons. The van der Waals surface area contributed by atoms with Crippen molar-refractivity contribution in [2.24, 2.45) is 0 Å². The molecule has 0 radical (unpaired) electrons. The van der Waals surface area contributed by atoms with Crippen LogP contribution in [-0.4, -0.2) is 21.8 Å². The maximum Gasteiger partial charge on any atom is 0.270 e. The smallest absolute Gasteiger partial charge is 0.270 e. The zero-order chi connectivity index (χ0) is 25.8. The Hall–Kier alpha value is -4.77. The number of aromatic amines is 1. The third-order valence-corrected chi connectivity index (χ3v) is 6.15. The molecule has 0 unspecified atom stereocenters. The Labute approximate surface area is 208 Å². The number of hydrogen-bond acceptors (Lipinski definition) is 5. The molecule has 0 aliphatic heterocycles. The van der Waals surface area contributed by atoms with E-state index in [2.05, 4.69) is 15.8 Å². The van der Waals surface area contributed by atoms with Crippen molar-refractivity contribution in [1.29, 1.82) is 5.26 Å². The summed E-state index contributed by atoms with van der Waals surface area (Å²) in [6.07, 6.45) is 0.366. The van der Waals surface area contributed by atoms with Crippen LogP contribution in [0.3, 0.4) is 0 Å². The zero-order valence-electron chi connectivity index (χ0n) is 20.2. The van der Waals surface area contributed by atoms with Crippen LogP contribution in [-0.2, 0) is 11.2 Å². The van der Waals surface area contributed by atoms with E-state index in [4.69, 9.17) is 4.98 Å². The lowest BCUT2D eigenvalue weighted by Crippen LogP contribution is -2.41. The van der Waals surface area contributed by atoms with E-state index in [1.54, 1.807) is 19.9 Å². The van der Waals surface area contributed by atoms with Gasteiger partial charge in [-0.3, -0.25) is 25.2 Å². The average molecular weight is 480 g/mol. The molecule has 0 fully saturated rings. The van der Waals surface area contributed by atoms with Gasteiger partial charge in [0.2, 0.25) is 5.91 Å². The van der Waals surface area contributed by atoms with Crippen molar-refractivity contribution in [3.63, 3.8) is 0 Å². The van der Waals surface area contributed by atoms with Crippen molar-refractivity contribution in [3.8, 4) is 17.3 Å². The van der Waals surface area contributed by atoms with Gasteiger partial charge in [-0.15, -0.1) is 0 Å². The van der Waals surface area contributed by atoms with E-state index in [0.717, 1.165) is 16.7 Å². The highest BCUT2D eigenvalue weighted by Crippen LogP contribution is 2.25. The van der Waals surface area contributed by atoms with Gasteiger partial charge in [-0.05, 0) is 50.5 Å². The lowest BCUT2D eigenvalue weighted by Gasteiger charge is -2.13. The monoisotopic (exact) mass is 479 g/mol. The molecule has 4 aromatic rings. The second-order valence-corrected chi connectivity index (χ2v) is 8.61. The van der Waals surface area contributed by atoms with Gasteiger partial charge in [-0.2, -0.15) is 5.26 Å². The second-order valence-electron chi connectivity index (χ2n) is 8.61. The van der Waals surface area contributed by atoms with Crippen LogP contribution >= 0.6 is 0 Å². The summed E-state index contributed by atoms with van der Waals surface area (Å²) in [6.45, 7) is 5.42. The summed E-state index contributed by atoms with van der Waals surface area (Å²) in [5, 5.41) is 9.89. The van der Waals surface area contributed by atoms with Crippen molar-refractivity contribution in [3.05, 3.63) is 98.5 Å². The van der Waals surface area contributed by atoms with Gasteiger partial charge < -0.3 is 4.98 Å². The van der Waals surface area contributed by atoms with Crippen LogP contribution in [0.5, 0.6) is 0 Å². The Morgan fingerprint density at radius 3 is 2.47 bits per heavy atom. The molecule has 36 heavy (non-hydrogen) atoms. The normalized spacial score (nSPS) is 10.6. The minimum atomic E-state index is -0.460. The zero-order valence-corrected chi connectivity index (χ0v) is 20.2. The standard InChI is InChI=1S/C28H25N5O3/c1-16-8-10-19(11-9-16)25-14-22(21-6-4-5-7-24(21)31-25)28(36)33-32-26(34)13-12-20-17(2)23(15-29)27(35)30-18(20)3/h4-11,14H,12-13H2,1-3H3,(H,30,35)(H,32,34)(H,33,36). The summed E-state index contributed by atoms with van der Waals surface area (Å²) >= 11 is 0. The molecule has 0 aliphatic rings. The summed E-state index contributed by atoms with van der Waals surface area (Å²) in [4.78, 5) is 44.8. The molecular weight excluding hydrogens is 454 g/mol. The number of aryl methyl sites for hydroxylation is 2. The molecule has 0 saturated heterocycles. The van der Waals surface area contributed by atoms with Crippen molar-refractivity contribution < 1.29 is 9.59 Å². The number of nitrogens with one attached hydrogen (secondary N) is 3. The van der Waals surface area contributed by atoms with E-state index >= 15 is 0 Å². The summed E-state index contributed by atoms with van der Waals surface area (Å²) < 4.78 is 0. The third kappa shape index (κ3) is 5.00. The van der Waals surface area contributed by atoms with Crippen LogP contribution in [0.25, 0.3) is 22.2 Å². The molecule has 3 N–H and O–H groups in total. The fraction of sp³-hybridized carbons (Fsp3) is 0.179. The van der Waals surface area contributed by atoms with Crippen molar-refractivity contribution in [2.75, 3.05) is 0 Å². The maximum absolute atomic E-state index is 13.1. The minimum Gasteiger partial charge on any atom is -0.325 e. The lowest BCUT2D eigenvalue weighted by atomic mass is 9.99. The molecule has 0 aliphatic carbocycles. The number of aromatic nitrogens is 2. The second kappa shape index (κ2) is 10.2. The Bertz CT molecular complexity index is 1580. The minimum absolute atomic E-state index is 0.0401. The van der Waals surface area contributed by atoms with Crippen LogP contribution < -0.4 is 16.4 Å². The topological polar surface area (TPSA) is 128 Å². The average Bonchev–Trinajstić information content (AvgIpc) is 2.87. The van der Waals surface area contributed by atoms with Crippen LogP contribution in [0, 0.1) is 32.1 Å². The molecular formula is C28H25N5O3. The highest BCUT2D eigenvalue weighted by Gasteiger charge is 2.16. The van der Waals surface area contributed by atoms with Gasteiger partial charge in [0.25, 0.3) is 11.5 Å². The Balaban J connectivity index is 1.50. The molecule has 2 amide bonds. The first kappa shape index (κ1) is 24.4. The van der Waals surface area contributed by atoms with E-state index in [-0.39, 0.29) is 12.0 Å². The fourth-order valence-corrected chi connectivity index (χ4v) is 4.15. The highest BCUT2D eigenvalue weighted by atomic mass is 16.2. The Morgan fingerprint density at radius 2 is 1.75 bits per heavy atom. The number of carbonyl (C=O) groups excluding carboxylic acids is 2. The van der Waals surface area contributed by atoms with Gasteiger partial charge in [0, 0.05) is 23.1 Å². The number of pyridine rings is 2. The molecule has 2 heterocycles. The first-order chi connectivity index (χ1) is 17.3. The number of amides is 2. The number of nitrogens with zero attached hydrogens (tertiary/aromatic N) is 2. The Kier molecular flexibility index (Phi) is 6.93. The van der Waals surface area contributed by atoms with Crippen LogP contribution in [0.2, 0.25) is 0 Å². The quantitative estimate of drug-likeness (QED) is 0.375. The number of carbonyl (C=O) groups is 2. The van der Waals surface area contributed by atoms with Gasteiger partial charge in [0.15, 0.2) is 0 Å². The van der Waals surface area contributed by atoms with Gasteiger partial charge in [-0.1, -0.05) is 48.0 Å². The molecule has 4 rings (SSSR count). The van der Waals surface area contributed by atoms with Gasteiger partial charge in [0.05, 0.1) is 16.8 Å². The first-order valence-corrected chi connectivity index (χ1v) is 11.5. The highest BCUT2D eigenvalue weighted by molar-refractivity contribution is 6.07. The van der Waals surface area contributed by atoms with Gasteiger partial charge in [0.1, 0.15) is 11.6 Å². The molecule has 2 aromatic heterocycles. The fourth-order valence-electron chi connectivity index (χ4n) is 4.15. The van der Waals surface area contributed by atoms with E-state index < -0.39 is 17.4 Å². The SMILES string of the molecule is Cc1ccc(-c2cc(C(=O)NNC(=O)CCc3c(C)[nH]c(=O)c(C#N)c3C)c3ccccc3n2)cc1. The molecule has 0 bridgehead atoms. The van der Waals surface area contributed by atoms with Crippen molar-refractivity contribution in [1.82, 2.24) is 20.8 Å². The molecule has 0 saturated carbocycles. The number of fused-ring (bicyclic) bond motifs is 1. The van der Waals surface area contributed by atoms with Gasteiger partial charge in [-0.25, -0.2) is 4.98 Å². The largest absolute Gasteiger partial charge is 0.325 e. The predicted molar refractivity (Wildman–Crippen MR) is 137 cm³/mol. The summed E-state index contributed by atoms with van der Waals surface area (Å²) in [6, 6.07) is 18.8. The van der Waals surface area contributed by atoms with Crippen molar-refractivity contribution >= 4 is 22.7 Å². The number of benzene rings is 2. The van der Waals surface area contributed by atoms with E-state index in [1.807, 2.05) is 61.5 Å². The van der Waals surface area contributed by atoms with Crippen LogP contribution in [0.1, 0.15) is 44.7 Å². The Morgan fingerprint density at radius 1 is 1.03 bits per heavy atom. The number of para-hydroxylation sites is 1. The molecule has 8 nitrogen and oxygen atoms in total. The molecule has 8 heteroatoms. The molecule has 0 spiro atoms. The molecule has 0 atom stereocenters. The number of nitriles is 1. The number of H-pyrrole nitrogens is 1. The first-order valence-electron chi connectivity index (χ1n) is 11.5. The predicted octanol–water partition coefficient (Wildman–Crippen LogP) is 3.78. The number of rotatable bonds is 5. The maximum atomic E-state index is 13.1. The van der Waals surface area contributed by atoms with Crippen LogP contribution in [0.15, 0.2) is 59.4 Å². The molecule has 2 aromatic carbocycles. The number of hydrogen-bond donors (Lipinski definition) is 3. The van der Waals surface area contributed by atoms with Crippen LogP contribution in [0.4, 0.5) is 0 Å². The number of hydrazine groups is 1. The van der Waals surface area contributed by atoms with E-state index in [1.165, 1.54) is 0 Å². The third-order valence-electron chi connectivity index (χ3n) is 6.15. The lowest BCUT2D eigenvalue weighted by molar-refractivity contribution is -0.121. The van der Waals surface area contributed by atoms with E-state index in [0.29, 0.717) is 39.8 Å². The summed E-state index contributed by atoms with van der Waals surface area (Å²) in [5.41, 5.74) is 10.2. The van der Waals surface area contributed by atoms with Crippen molar-refractivity contribution in [2.45, 2.75) is 33.6 Å².